The monoisotopic (exact) mass is 334 g/mol. The lowest BCUT2D eigenvalue weighted by atomic mass is 10.2. The molecule has 0 aromatic heterocycles. The van der Waals surface area contributed by atoms with Crippen LogP contribution in [-0.2, 0) is 19.5 Å². The molecule has 0 aliphatic rings. The minimum atomic E-state index is -0.745. The summed E-state index contributed by atoms with van der Waals surface area (Å²) in [5.74, 6) is -0.491. The minimum absolute atomic E-state index is 0.222. The van der Waals surface area contributed by atoms with Crippen LogP contribution in [0.5, 0.6) is 0 Å². The van der Waals surface area contributed by atoms with E-state index in [2.05, 4.69) is 12.1 Å². The van der Waals surface area contributed by atoms with Crippen molar-refractivity contribution in [2.24, 2.45) is 0 Å². The molecule has 21 heavy (non-hydrogen) atoms. The maximum atomic E-state index is 9.37. The van der Waals surface area contributed by atoms with E-state index in [0.717, 1.165) is 5.75 Å². The SMILES string of the molecule is CCC(=O)O.CCC(=O)O.COSSCc1ccccc1. The van der Waals surface area contributed by atoms with Crippen LogP contribution in [0.1, 0.15) is 32.3 Å². The Hall–Kier alpha value is -1.18. The van der Waals surface area contributed by atoms with E-state index in [4.69, 9.17) is 14.4 Å². The number of aliphatic carboxylic acids is 2. The fourth-order valence-corrected chi connectivity index (χ4v) is 2.03. The maximum Gasteiger partial charge on any atom is 0.303 e. The molecule has 1 rings (SSSR count). The quantitative estimate of drug-likeness (QED) is 0.460. The van der Waals surface area contributed by atoms with E-state index in [1.54, 1.807) is 31.8 Å². The highest BCUT2D eigenvalue weighted by Crippen LogP contribution is 2.25. The molecule has 1 aromatic rings. The van der Waals surface area contributed by atoms with Gasteiger partial charge in [0.05, 0.1) is 18.2 Å². The van der Waals surface area contributed by atoms with Crippen LogP contribution in [0.3, 0.4) is 0 Å². The molecule has 0 atom stereocenters. The van der Waals surface area contributed by atoms with E-state index < -0.39 is 11.9 Å². The van der Waals surface area contributed by atoms with Gasteiger partial charge in [-0.3, -0.25) is 9.59 Å². The average molecular weight is 334 g/mol. The van der Waals surface area contributed by atoms with Gasteiger partial charge in [-0.1, -0.05) is 55.0 Å². The largest absolute Gasteiger partial charge is 0.481 e. The Balaban J connectivity index is 0. The molecular weight excluding hydrogens is 312 g/mol. The van der Waals surface area contributed by atoms with Crippen molar-refractivity contribution < 1.29 is 24.0 Å². The molecule has 0 bridgehead atoms. The summed E-state index contributed by atoms with van der Waals surface area (Å²) in [5.41, 5.74) is 1.34. The summed E-state index contributed by atoms with van der Waals surface area (Å²) < 4.78 is 4.84. The van der Waals surface area contributed by atoms with Gasteiger partial charge in [0.1, 0.15) is 0 Å². The van der Waals surface area contributed by atoms with Crippen LogP contribution in [0, 0.1) is 0 Å². The van der Waals surface area contributed by atoms with Crippen LogP contribution in [0.4, 0.5) is 0 Å². The number of rotatable bonds is 6. The number of hydrogen-bond donors (Lipinski definition) is 2. The minimum Gasteiger partial charge on any atom is -0.481 e. The van der Waals surface area contributed by atoms with Gasteiger partial charge in [0.15, 0.2) is 0 Å². The lowest BCUT2D eigenvalue weighted by Crippen LogP contribution is -1.86. The molecule has 1 aromatic carbocycles. The first-order chi connectivity index (χ1) is 9.97. The first-order valence-corrected chi connectivity index (χ1v) is 8.52. The van der Waals surface area contributed by atoms with Gasteiger partial charge in [-0.2, -0.15) is 0 Å². The van der Waals surface area contributed by atoms with Crippen LogP contribution in [0.25, 0.3) is 0 Å². The van der Waals surface area contributed by atoms with Crippen molar-refractivity contribution in [1.29, 1.82) is 0 Å². The summed E-state index contributed by atoms with van der Waals surface area (Å²) in [5, 5.41) is 15.4. The second kappa shape index (κ2) is 16.9. The highest BCUT2D eigenvalue weighted by atomic mass is 33.1. The number of carboxylic acids is 2. The van der Waals surface area contributed by atoms with Crippen molar-refractivity contribution >= 4 is 33.8 Å². The Morgan fingerprint density at radius 1 is 1.05 bits per heavy atom. The normalized spacial score (nSPS) is 8.71. The van der Waals surface area contributed by atoms with Gasteiger partial charge in [-0.05, 0) is 5.56 Å². The maximum absolute atomic E-state index is 9.37. The molecule has 0 saturated heterocycles. The van der Waals surface area contributed by atoms with Gasteiger partial charge in [-0.25, -0.2) is 0 Å². The number of hydrogen-bond acceptors (Lipinski definition) is 5. The standard InChI is InChI=1S/C8H10OS2.2C3H6O2/c1-9-11-10-7-8-5-3-2-4-6-8;2*1-2-3(4)5/h2-6H,7H2,1H3;2*2H2,1H3,(H,4,5). The van der Waals surface area contributed by atoms with E-state index in [9.17, 15) is 9.59 Å². The first-order valence-electron chi connectivity index (χ1n) is 6.27. The molecule has 0 saturated carbocycles. The molecule has 0 spiro atoms. The highest BCUT2D eigenvalue weighted by Gasteiger charge is 1.90. The fraction of sp³-hybridized carbons (Fsp3) is 0.429. The molecular formula is C14H22O5S2. The van der Waals surface area contributed by atoms with Gasteiger partial charge in [-0.15, -0.1) is 0 Å². The zero-order chi connectivity index (χ0) is 16.5. The fourth-order valence-electron chi connectivity index (χ4n) is 0.714. The summed E-state index contributed by atoms with van der Waals surface area (Å²) in [6, 6.07) is 10.4. The first kappa shape index (κ1) is 22.1. The van der Waals surface area contributed by atoms with Crippen LogP contribution < -0.4 is 0 Å². The Morgan fingerprint density at radius 3 is 1.81 bits per heavy atom. The Labute approximate surface area is 133 Å². The third-order valence-corrected chi connectivity index (χ3v) is 3.52. The van der Waals surface area contributed by atoms with Crippen LogP contribution in [0.2, 0.25) is 0 Å². The molecule has 7 heteroatoms. The lowest BCUT2D eigenvalue weighted by Gasteiger charge is -1.97. The van der Waals surface area contributed by atoms with E-state index in [1.165, 1.54) is 16.6 Å². The summed E-state index contributed by atoms with van der Waals surface area (Å²) in [6.07, 6.45) is 0.444. The molecule has 0 aliphatic carbocycles. The van der Waals surface area contributed by atoms with E-state index in [-0.39, 0.29) is 12.8 Å². The second-order valence-corrected chi connectivity index (χ2v) is 5.59. The third-order valence-electron chi connectivity index (χ3n) is 1.79. The van der Waals surface area contributed by atoms with Gasteiger partial charge >= 0.3 is 11.9 Å². The Morgan fingerprint density at radius 2 is 1.48 bits per heavy atom. The van der Waals surface area contributed by atoms with Crippen LogP contribution in [-0.4, -0.2) is 29.3 Å². The predicted octanol–water partition coefficient (Wildman–Crippen LogP) is 4.09. The van der Waals surface area contributed by atoms with Crippen molar-refractivity contribution in [3.63, 3.8) is 0 Å². The van der Waals surface area contributed by atoms with Gasteiger partial charge < -0.3 is 14.4 Å². The molecule has 5 nitrogen and oxygen atoms in total. The molecule has 0 fully saturated rings. The molecule has 120 valence electrons. The number of carbonyl (C=O) groups is 2. The second-order valence-electron chi connectivity index (χ2n) is 3.48. The van der Waals surface area contributed by atoms with Crippen molar-refractivity contribution in [2.75, 3.05) is 7.11 Å². The topological polar surface area (TPSA) is 83.8 Å². The third kappa shape index (κ3) is 21.3. The average Bonchev–Trinajstić information content (AvgIpc) is 2.50. The van der Waals surface area contributed by atoms with Crippen molar-refractivity contribution in [3.8, 4) is 0 Å². The molecule has 0 radical (unpaired) electrons. The van der Waals surface area contributed by atoms with E-state index in [1.807, 2.05) is 18.2 Å². The summed E-state index contributed by atoms with van der Waals surface area (Å²) in [6.45, 7) is 3.20. The number of carboxylic acid groups (broad SMARTS) is 2. The summed E-state index contributed by atoms with van der Waals surface area (Å²) in [4.78, 5) is 18.7. The number of benzene rings is 1. The zero-order valence-electron chi connectivity index (χ0n) is 12.4. The van der Waals surface area contributed by atoms with E-state index in [0.29, 0.717) is 0 Å². The molecule has 0 unspecified atom stereocenters. The predicted molar refractivity (Wildman–Crippen MR) is 88.2 cm³/mol. The molecule has 0 amide bonds. The van der Waals surface area contributed by atoms with Crippen molar-refractivity contribution in [2.45, 2.75) is 32.4 Å². The van der Waals surface area contributed by atoms with Crippen molar-refractivity contribution in [1.82, 2.24) is 0 Å². The van der Waals surface area contributed by atoms with Crippen LogP contribution >= 0.6 is 21.9 Å². The highest BCUT2D eigenvalue weighted by molar-refractivity contribution is 8.74. The van der Waals surface area contributed by atoms with Crippen LogP contribution in [0.15, 0.2) is 30.3 Å². The van der Waals surface area contributed by atoms with Gasteiger partial charge in [0.2, 0.25) is 0 Å². The van der Waals surface area contributed by atoms with Gasteiger partial charge in [0, 0.05) is 18.6 Å². The smallest absolute Gasteiger partial charge is 0.303 e. The Bertz CT molecular complexity index is 357. The molecule has 2 N–H and O–H groups in total. The Kier molecular flexibility index (Phi) is 17.8. The zero-order valence-corrected chi connectivity index (χ0v) is 14.1. The molecule has 0 heterocycles. The summed E-state index contributed by atoms with van der Waals surface area (Å²) >= 11 is 1.42. The molecule has 0 aliphatic heterocycles. The lowest BCUT2D eigenvalue weighted by molar-refractivity contribution is -0.137. The van der Waals surface area contributed by atoms with E-state index >= 15 is 0 Å². The summed E-state index contributed by atoms with van der Waals surface area (Å²) in [7, 11) is 3.38. The van der Waals surface area contributed by atoms with Crippen molar-refractivity contribution in [3.05, 3.63) is 35.9 Å². The van der Waals surface area contributed by atoms with Gasteiger partial charge in [0.25, 0.3) is 0 Å².